The predicted molar refractivity (Wildman–Crippen MR) is 108 cm³/mol. The van der Waals surface area contributed by atoms with Gasteiger partial charge < -0.3 is 15.5 Å². The molecule has 0 unspecified atom stereocenters. The minimum atomic E-state index is 0.880. The maximum Gasteiger partial charge on any atom is 0.190 e. The van der Waals surface area contributed by atoms with E-state index in [0.29, 0.717) is 0 Å². The van der Waals surface area contributed by atoms with Crippen LogP contribution in [0.5, 0.6) is 0 Å². The van der Waals surface area contributed by atoms with Gasteiger partial charge in [-0.2, -0.15) is 0 Å². The number of aromatic nitrogens is 1. The summed E-state index contributed by atoms with van der Waals surface area (Å²) in [6, 6.07) is 0. The first-order valence-corrected chi connectivity index (χ1v) is 10.9. The van der Waals surface area contributed by atoms with Crippen molar-refractivity contribution < 1.29 is 0 Å². The Bertz CT molecular complexity index is 530. The predicted octanol–water partition coefficient (Wildman–Crippen LogP) is 3.42. The molecular weight excluding hydrogens is 330 g/mol. The Hall–Kier alpha value is -1.30. The Morgan fingerprint density at radius 3 is 2.72 bits per heavy atom. The van der Waals surface area contributed by atoms with Crippen LogP contribution >= 0.6 is 11.3 Å². The summed E-state index contributed by atoms with van der Waals surface area (Å²) in [7, 11) is 1.85. The Morgan fingerprint density at radius 1 is 1.20 bits per heavy atom. The molecule has 1 aliphatic heterocycles. The molecule has 0 bridgehead atoms. The third-order valence-electron chi connectivity index (χ3n) is 5.37. The monoisotopic (exact) mass is 363 g/mol. The summed E-state index contributed by atoms with van der Waals surface area (Å²) in [4.78, 5) is 11.5. The highest BCUT2D eigenvalue weighted by Crippen LogP contribution is 2.28. The number of rotatable bonds is 8. The summed E-state index contributed by atoms with van der Waals surface area (Å²) < 4.78 is 0. The van der Waals surface area contributed by atoms with Gasteiger partial charge in [-0.15, -0.1) is 11.3 Å². The van der Waals surface area contributed by atoms with Crippen LogP contribution in [0.4, 0.5) is 5.13 Å². The van der Waals surface area contributed by atoms with Crippen LogP contribution in [0.3, 0.4) is 0 Å². The molecular formula is C19H33N5S. The minimum absolute atomic E-state index is 0.880. The van der Waals surface area contributed by atoms with E-state index in [4.69, 9.17) is 4.98 Å². The highest BCUT2D eigenvalue weighted by Gasteiger charge is 2.16. The lowest BCUT2D eigenvalue weighted by Crippen LogP contribution is -2.38. The smallest absolute Gasteiger partial charge is 0.190 e. The van der Waals surface area contributed by atoms with E-state index < -0.39 is 0 Å². The summed E-state index contributed by atoms with van der Waals surface area (Å²) in [5.41, 5.74) is 1.19. The zero-order valence-corrected chi connectivity index (χ0v) is 16.4. The second-order valence-corrected chi connectivity index (χ2v) is 8.12. The minimum Gasteiger partial charge on any atom is -0.356 e. The molecule has 0 amide bonds. The molecule has 140 valence electrons. The number of nitrogens with zero attached hydrogens (tertiary/aromatic N) is 3. The third-order valence-corrected chi connectivity index (χ3v) is 6.32. The number of nitrogens with one attached hydrogen (secondary N) is 2. The second-order valence-electron chi connectivity index (χ2n) is 7.28. The Balaban J connectivity index is 1.30. The molecule has 2 heterocycles. The molecule has 25 heavy (non-hydrogen) atoms. The largest absolute Gasteiger partial charge is 0.356 e. The van der Waals surface area contributed by atoms with E-state index in [-0.39, 0.29) is 0 Å². The highest BCUT2D eigenvalue weighted by atomic mass is 32.1. The van der Waals surface area contributed by atoms with Crippen LogP contribution in [-0.2, 0) is 6.42 Å². The fourth-order valence-electron chi connectivity index (χ4n) is 3.89. The van der Waals surface area contributed by atoms with E-state index in [1.807, 2.05) is 7.05 Å². The van der Waals surface area contributed by atoms with Gasteiger partial charge in [-0.1, -0.05) is 25.7 Å². The van der Waals surface area contributed by atoms with E-state index in [9.17, 15) is 0 Å². The van der Waals surface area contributed by atoms with Crippen molar-refractivity contribution in [2.24, 2.45) is 10.9 Å². The number of anilines is 1. The fraction of sp³-hybridized carbons (Fsp3) is 0.789. The number of thiazole rings is 1. The maximum atomic E-state index is 4.78. The van der Waals surface area contributed by atoms with Crippen molar-refractivity contribution in [1.82, 2.24) is 15.6 Å². The van der Waals surface area contributed by atoms with E-state index in [1.54, 1.807) is 11.3 Å². The van der Waals surface area contributed by atoms with Crippen LogP contribution in [0, 0.1) is 5.92 Å². The summed E-state index contributed by atoms with van der Waals surface area (Å²) in [5, 5.41) is 10.3. The first-order valence-electron chi connectivity index (χ1n) is 9.99. The molecule has 6 heteroatoms. The Morgan fingerprint density at radius 2 is 1.96 bits per heavy atom. The van der Waals surface area contributed by atoms with Gasteiger partial charge >= 0.3 is 0 Å². The molecule has 5 nitrogen and oxygen atoms in total. The molecule has 2 N–H and O–H groups in total. The van der Waals surface area contributed by atoms with E-state index >= 15 is 0 Å². The van der Waals surface area contributed by atoms with E-state index in [2.05, 4.69) is 25.9 Å². The van der Waals surface area contributed by atoms with Crippen molar-refractivity contribution in [3.63, 3.8) is 0 Å². The Labute approximate surface area is 156 Å². The average Bonchev–Trinajstić information content (AvgIpc) is 3.39. The van der Waals surface area contributed by atoms with E-state index in [0.717, 1.165) is 31.4 Å². The Kier molecular flexibility index (Phi) is 7.39. The van der Waals surface area contributed by atoms with Crippen molar-refractivity contribution in [2.75, 3.05) is 38.1 Å². The number of hydrogen-bond donors (Lipinski definition) is 2. The maximum absolute atomic E-state index is 4.78. The van der Waals surface area contributed by atoms with Crippen molar-refractivity contribution in [1.29, 1.82) is 0 Å². The average molecular weight is 364 g/mol. The number of hydrogen-bond acceptors (Lipinski definition) is 4. The van der Waals surface area contributed by atoms with Gasteiger partial charge in [0.1, 0.15) is 0 Å². The molecule has 1 aliphatic carbocycles. The fourth-order valence-corrected chi connectivity index (χ4v) is 4.80. The normalized spacial score (nSPS) is 18.9. The molecule has 2 fully saturated rings. The number of guanidine groups is 1. The van der Waals surface area contributed by atoms with Crippen LogP contribution in [0.2, 0.25) is 0 Å². The molecule has 1 saturated carbocycles. The van der Waals surface area contributed by atoms with Gasteiger partial charge in [-0.3, -0.25) is 4.99 Å². The molecule has 1 aromatic heterocycles. The quantitative estimate of drug-likeness (QED) is 0.422. The topological polar surface area (TPSA) is 52.6 Å². The van der Waals surface area contributed by atoms with Crippen LogP contribution < -0.4 is 15.5 Å². The lowest BCUT2D eigenvalue weighted by molar-refractivity contribution is 0.481. The van der Waals surface area contributed by atoms with Gasteiger partial charge in [-0.25, -0.2) is 4.98 Å². The van der Waals surface area contributed by atoms with Gasteiger partial charge in [0.25, 0.3) is 0 Å². The first-order chi connectivity index (χ1) is 12.3. The molecule has 2 aliphatic rings. The molecule has 0 radical (unpaired) electrons. The number of aliphatic imine (C=N–C) groups is 1. The standard InChI is InChI=1S/C19H33N5S/c1-20-18(21-11-6-9-16-7-2-3-8-16)22-12-10-17-15-25-19(23-17)24-13-4-5-14-24/h15-16H,2-14H2,1H3,(H2,20,21,22). The SMILES string of the molecule is CN=C(NCCCC1CCCC1)NCCc1csc(N2CCCC2)n1. The summed E-state index contributed by atoms with van der Waals surface area (Å²) in [5.74, 6) is 1.90. The first kappa shape index (κ1) is 18.5. The van der Waals surface area contributed by atoms with Gasteiger partial charge in [0.05, 0.1) is 5.69 Å². The van der Waals surface area contributed by atoms with Crippen LogP contribution in [-0.4, -0.2) is 44.2 Å². The van der Waals surface area contributed by atoms with Gasteiger partial charge in [0.2, 0.25) is 0 Å². The summed E-state index contributed by atoms with van der Waals surface area (Å²) in [6.45, 7) is 4.24. The third kappa shape index (κ3) is 5.87. The molecule has 0 atom stereocenters. The zero-order chi connectivity index (χ0) is 17.3. The van der Waals surface area contributed by atoms with E-state index in [1.165, 1.54) is 75.3 Å². The molecule has 0 aromatic carbocycles. The van der Waals surface area contributed by atoms with Crippen LogP contribution in [0.25, 0.3) is 0 Å². The molecule has 0 spiro atoms. The molecule has 1 saturated heterocycles. The van der Waals surface area contributed by atoms with Gasteiger partial charge in [-0.05, 0) is 31.6 Å². The zero-order valence-electron chi connectivity index (χ0n) is 15.6. The summed E-state index contributed by atoms with van der Waals surface area (Å²) in [6.07, 6.45) is 11.9. The van der Waals surface area contributed by atoms with Crippen LogP contribution in [0.15, 0.2) is 10.4 Å². The highest BCUT2D eigenvalue weighted by molar-refractivity contribution is 7.13. The summed E-state index contributed by atoms with van der Waals surface area (Å²) >= 11 is 1.78. The molecule has 1 aromatic rings. The lowest BCUT2D eigenvalue weighted by Gasteiger charge is -2.13. The van der Waals surface area contributed by atoms with Crippen molar-refractivity contribution in [3.05, 3.63) is 11.1 Å². The van der Waals surface area contributed by atoms with Gasteiger partial charge in [0, 0.05) is 45.0 Å². The van der Waals surface area contributed by atoms with Crippen molar-refractivity contribution in [2.45, 2.75) is 57.8 Å². The lowest BCUT2D eigenvalue weighted by atomic mass is 10.0. The van der Waals surface area contributed by atoms with Gasteiger partial charge in [0.15, 0.2) is 11.1 Å². The van der Waals surface area contributed by atoms with Crippen LogP contribution in [0.1, 0.15) is 57.1 Å². The molecule has 3 rings (SSSR count). The van der Waals surface area contributed by atoms with Crippen molar-refractivity contribution in [3.8, 4) is 0 Å². The second kappa shape index (κ2) is 10.00. The van der Waals surface area contributed by atoms with Crippen molar-refractivity contribution >= 4 is 22.4 Å².